The third-order valence-corrected chi connectivity index (χ3v) is 5.63. The molecule has 0 saturated carbocycles. The summed E-state index contributed by atoms with van der Waals surface area (Å²) in [4.78, 5) is 70.4. The van der Waals surface area contributed by atoms with E-state index in [9.17, 15) is 39.0 Å². The van der Waals surface area contributed by atoms with Crippen molar-refractivity contribution in [1.29, 1.82) is 0 Å². The van der Waals surface area contributed by atoms with Crippen LogP contribution in [0.5, 0.6) is 0 Å². The minimum atomic E-state index is -1.89. The Morgan fingerprint density at radius 1 is 0.537 bits per heavy atom. The van der Waals surface area contributed by atoms with Crippen LogP contribution in [0.4, 0.5) is 0 Å². The van der Waals surface area contributed by atoms with E-state index in [1.807, 2.05) is 0 Å². The van der Waals surface area contributed by atoms with Gasteiger partial charge in [0.2, 0.25) is 0 Å². The Labute approximate surface area is 234 Å². The SMILES string of the molecule is CC(=O)OC[C@H]1O[C@@H](O[C@H]2[C@H](OC(C)=O)[C@@H](OC(C)=O)C(O)O[C@@H]2COC(C)=O)[C@@H](O)[C@@H](OC(C)=O)[C@@H]1OC(C)=O. The van der Waals surface area contributed by atoms with E-state index in [0.29, 0.717) is 0 Å². The van der Waals surface area contributed by atoms with Crippen LogP contribution in [0.1, 0.15) is 41.5 Å². The number of rotatable bonds is 10. The van der Waals surface area contributed by atoms with Crippen LogP contribution in [0.25, 0.3) is 0 Å². The van der Waals surface area contributed by atoms with Crippen LogP contribution in [-0.2, 0) is 71.4 Å². The number of hydrogen-bond acceptors (Lipinski definition) is 17. The minimum absolute atomic E-state index is 0.544. The van der Waals surface area contributed by atoms with Crippen LogP contribution in [0, 0.1) is 0 Å². The van der Waals surface area contributed by atoms with E-state index in [0.717, 1.165) is 41.5 Å². The summed E-state index contributed by atoms with van der Waals surface area (Å²) in [5.41, 5.74) is 0. The van der Waals surface area contributed by atoms with Gasteiger partial charge in [0.15, 0.2) is 37.0 Å². The van der Waals surface area contributed by atoms with Gasteiger partial charge >= 0.3 is 35.8 Å². The molecule has 2 heterocycles. The van der Waals surface area contributed by atoms with E-state index in [4.69, 9.17) is 42.6 Å². The quantitative estimate of drug-likeness (QED) is 0.206. The van der Waals surface area contributed by atoms with E-state index in [1.165, 1.54) is 0 Å². The number of ether oxygens (including phenoxy) is 9. The lowest BCUT2D eigenvalue weighted by Gasteiger charge is -2.47. The molecule has 0 radical (unpaired) electrons. The van der Waals surface area contributed by atoms with Crippen LogP contribution in [-0.4, -0.2) is 121 Å². The Morgan fingerprint density at radius 2 is 0.951 bits per heavy atom. The number of esters is 6. The molecule has 10 atom stereocenters. The Bertz CT molecular complexity index is 981. The maximum Gasteiger partial charge on any atom is 0.303 e. The summed E-state index contributed by atoms with van der Waals surface area (Å²) in [5.74, 6) is -5.00. The monoisotopic (exact) mass is 594 g/mol. The van der Waals surface area contributed by atoms with Gasteiger partial charge in [-0.15, -0.1) is 0 Å². The molecule has 0 amide bonds. The first-order valence-corrected chi connectivity index (χ1v) is 12.4. The first-order valence-electron chi connectivity index (χ1n) is 12.4. The van der Waals surface area contributed by atoms with Crippen LogP contribution < -0.4 is 0 Å². The Kier molecular flexibility index (Phi) is 12.4. The maximum atomic E-state index is 12.0. The second-order valence-electron chi connectivity index (χ2n) is 9.10. The summed E-state index contributed by atoms with van der Waals surface area (Å²) in [6.07, 6.45) is -16.2. The predicted octanol–water partition coefficient (Wildman–Crippen LogP) is -1.97. The number of aliphatic hydroxyl groups is 2. The van der Waals surface area contributed by atoms with Gasteiger partial charge in [-0.3, -0.25) is 28.8 Å². The smallest absolute Gasteiger partial charge is 0.303 e. The third kappa shape index (κ3) is 9.89. The van der Waals surface area contributed by atoms with Crippen molar-refractivity contribution in [1.82, 2.24) is 0 Å². The number of carbonyl (C=O) groups is 6. The lowest BCUT2D eigenvalue weighted by atomic mass is 9.96. The van der Waals surface area contributed by atoms with Gasteiger partial charge < -0.3 is 52.8 Å². The molecule has 0 spiro atoms. The van der Waals surface area contributed by atoms with Gasteiger partial charge in [0.1, 0.15) is 37.6 Å². The van der Waals surface area contributed by atoms with E-state index in [2.05, 4.69) is 0 Å². The molecular formula is C24H34O17. The van der Waals surface area contributed by atoms with Crippen molar-refractivity contribution in [2.24, 2.45) is 0 Å². The summed E-state index contributed by atoms with van der Waals surface area (Å²) in [6, 6.07) is 0. The Hall–Kier alpha value is -3.38. The minimum Gasteiger partial charge on any atom is -0.463 e. The van der Waals surface area contributed by atoms with Gasteiger partial charge in [-0.2, -0.15) is 0 Å². The van der Waals surface area contributed by atoms with Crippen molar-refractivity contribution in [2.75, 3.05) is 13.2 Å². The highest BCUT2D eigenvalue weighted by Crippen LogP contribution is 2.33. The normalized spacial score (nSPS) is 33.1. The van der Waals surface area contributed by atoms with Crippen molar-refractivity contribution in [3.05, 3.63) is 0 Å². The summed E-state index contributed by atoms with van der Waals surface area (Å²) in [5, 5.41) is 21.6. The van der Waals surface area contributed by atoms with E-state index in [1.54, 1.807) is 0 Å². The van der Waals surface area contributed by atoms with Gasteiger partial charge in [0.25, 0.3) is 0 Å². The summed E-state index contributed by atoms with van der Waals surface area (Å²) >= 11 is 0. The molecular weight excluding hydrogens is 560 g/mol. The molecule has 2 aliphatic heterocycles. The van der Waals surface area contributed by atoms with Crippen molar-refractivity contribution in [3.8, 4) is 0 Å². The van der Waals surface area contributed by atoms with Gasteiger partial charge in [-0.05, 0) is 0 Å². The lowest BCUT2D eigenvalue weighted by molar-refractivity contribution is -0.356. The number of aliphatic hydroxyl groups excluding tert-OH is 2. The molecule has 41 heavy (non-hydrogen) atoms. The average molecular weight is 595 g/mol. The third-order valence-electron chi connectivity index (χ3n) is 5.63. The van der Waals surface area contributed by atoms with Gasteiger partial charge in [-0.1, -0.05) is 0 Å². The Balaban J connectivity index is 2.52. The van der Waals surface area contributed by atoms with E-state index in [-0.39, 0.29) is 0 Å². The van der Waals surface area contributed by atoms with Gasteiger partial charge in [0.05, 0.1) is 0 Å². The molecule has 2 fully saturated rings. The molecule has 1 unspecified atom stereocenters. The number of carbonyl (C=O) groups excluding carboxylic acids is 6. The summed E-state index contributed by atoms with van der Waals surface area (Å²) < 4.78 is 47.9. The highest BCUT2D eigenvalue weighted by Gasteiger charge is 2.55. The van der Waals surface area contributed by atoms with Crippen LogP contribution >= 0.6 is 0 Å². The molecule has 2 saturated heterocycles. The lowest BCUT2D eigenvalue weighted by Crippen LogP contribution is -2.66. The molecule has 0 aromatic heterocycles. The molecule has 0 bridgehead atoms. The first kappa shape index (κ1) is 33.8. The largest absolute Gasteiger partial charge is 0.463 e. The number of hydrogen-bond donors (Lipinski definition) is 2. The molecule has 0 aromatic carbocycles. The molecule has 17 heteroatoms. The van der Waals surface area contributed by atoms with Gasteiger partial charge in [0, 0.05) is 41.5 Å². The first-order chi connectivity index (χ1) is 19.1. The topological polar surface area (TPSA) is 226 Å². The van der Waals surface area contributed by atoms with Crippen molar-refractivity contribution >= 4 is 35.8 Å². The van der Waals surface area contributed by atoms with Crippen molar-refractivity contribution in [3.63, 3.8) is 0 Å². The molecule has 0 aliphatic carbocycles. The predicted molar refractivity (Wildman–Crippen MR) is 126 cm³/mol. The fourth-order valence-electron chi connectivity index (χ4n) is 4.19. The fourth-order valence-corrected chi connectivity index (χ4v) is 4.19. The average Bonchev–Trinajstić information content (AvgIpc) is 2.83. The van der Waals surface area contributed by atoms with Crippen molar-refractivity contribution in [2.45, 2.75) is 103 Å². The molecule has 232 valence electrons. The zero-order valence-corrected chi connectivity index (χ0v) is 23.2. The van der Waals surface area contributed by atoms with Crippen LogP contribution in [0.3, 0.4) is 0 Å². The van der Waals surface area contributed by atoms with Crippen molar-refractivity contribution < 1.29 is 81.6 Å². The van der Waals surface area contributed by atoms with Crippen LogP contribution in [0.2, 0.25) is 0 Å². The second kappa shape index (κ2) is 15.0. The van der Waals surface area contributed by atoms with Crippen LogP contribution in [0.15, 0.2) is 0 Å². The zero-order chi connectivity index (χ0) is 31.0. The summed E-state index contributed by atoms with van der Waals surface area (Å²) in [6.45, 7) is 5.19. The second-order valence-corrected chi connectivity index (χ2v) is 9.10. The molecule has 17 nitrogen and oxygen atoms in total. The van der Waals surface area contributed by atoms with E-state index < -0.39 is 110 Å². The molecule has 2 aliphatic rings. The van der Waals surface area contributed by atoms with E-state index >= 15 is 0 Å². The fraction of sp³-hybridized carbons (Fsp3) is 0.750. The molecule has 2 rings (SSSR count). The molecule has 2 N–H and O–H groups in total. The highest BCUT2D eigenvalue weighted by molar-refractivity contribution is 5.68. The Morgan fingerprint density at radius 3 is 1.41 bits per heavy atom. The summed E-state index contributed by atoms with van der Waals surface area (Å²) in [7, 11) is 0. The maximum absolute atomic E-state index is 12.0. The molecule has 0 aromatic rings. The zero-order valence-electron chi connectivity index (χ0n) is 23.2. The standard InChI is InChI=1S/C24H34O17/c1-9(25)33-7-15-19(21(37-13(5)29)22(23(32)39-15)38-14(6)30)41-24-17(31)20(36-12(4)28)18(35-11(3)27)16(40-24)8-34-10(2)26/h15-24,31-32H,7-8H2,1-6H3/t15-,16-,17+,18-,19-,20-,21+,22-,23?,24+/m1/s1. The highest BCUT2D eigenvalue weighted by atomic mass is 16.8. The van der Waals surface area contributed by atoms with Gasteiger partial charge in [-0.25, -0.2) is 0 Å².